The fourth-order valence-corrected chi connectivity index (χ4v) is 3.44. The molecule has 1 aliphatic rings. The molecule has 0 aromatic heterocycles. The van der Waals surface area contributed by atoms with Crippen LogP contribution in [0.2, 0.25) is 0 Å². The van der Waals surface area contributed by atoms with Crippen LogP contribution in [0, 0.1) is 11.3 Å². The zero-order valence-electron chi connectivity index (χ0n) is 17.6. The Morgan fingerprint density at radius 3 is 2.25 bits per heavy atom. The van der Waals surface area contributed by atoms with Gasteiger partial charge in [-0.2, -0.15) is 0 Å². The van der Waals surface area contributed by atoms with Gasteiger partial charge in [0.25, 0.3) is 0 Å². The van der Waals surface area contributed by atoms with E-state index in [-0.39, 0.29) is 23.7 Å². The van der Waals surface area contributed by atoms with Gasteiger partial charge in [-0.15, -0.1) is 0 Å². The van der Waals surface area contributed by atoms with E-state index in [1.807, 2.05) is 13.8 Å². The van der Waals surface area contributed by atoms with Crippen molar-refractivity contribution in [1.29, 1.82) is 0 Å². The molecule has 8 heteroatoms. The normalized spacial score (nSPS) is 16.9. The Morgan fingerprint density at radius 2 is 1.79 bits per heavy atom. The second-order valence-corrected chi connectivity index (χ2v) is 7.85. The Hall–Kier alpha value is -2.48. The Morgan fingerprint density at radius 1 is 1.21 bits per heavy atom. The number of methoxy groups -OCH3 is 3. The van der Waals surface area contributed by atoms with Crippen molar-refractivity contribution in [2.75, 3.05) is 52.9 Å². The third kappa shape index (κ3) is 4.49. The van der Waals surface area contributed by atoms with Crippen LogP contribution in [0.1, 0.15) is 20.3 Å². The molecule has 2 N–H and O–H groups in total. The summed E-state index contributed by atoms with van der Waals surface area (Å²) in [6.07, 6.45) is 0.170. The molecule has 1 saturated heterocycles. The molecule has 156 valence electrons. The molecular weight excluding hydrogens is 362 g/mol. The van der Waals surface area contributed by atoms with Crippen LogP contribution in [0.4, 0.5) is 5.69 Å². The predicted octanol–water partition coefficient (Wildman–Crippen LogP) is 1.51. The zero-order chi connectivity index (χ0) is 21.1. The Bertz CT molecular complexity index is 710. The summed E-state index contributed by atoms with van der Waals surface area (Å²) < 4.78 is 16.1. The molecular formula is C20H31N3O5. The molecule has 0 saturated carbocycles. The first-order chi connectivity index (χ1) is 13.2. The molecule has 1 heterocycles. The maximum absolute atomic E-state index is 12.8. The van der Waals surface area contributed by atoms with Gasteiger partial charge in [0, 0.05) is 38.7 Å². The van der Waals surface area contributed by atoms with Crippen LogP contribution < -0.4 is 24.8 Å². The van der Waals surface area contributed by atoms with E-state index >= 15 is 0 Å². The van der Waals surface area contributed by atoms with Gasteiger partial charge in [-0.3, -0.25) is 9.59 Å². The van der Waals surface area contributed by atoms with Gasteiger partial charge in [0.1, 0.15) is 0 Å². The molecule has 1 fully saturated rings. The standard InChI is InChI=1S/C20H31N3O5/c1-20(2,11-21)12-22(3)19(25)13-7-17(24)23(10-13)14-8-15(26-4)18(28-6)16(9-14)27-5/h8-9,13H,7,10-12,21H2,1-6H3. The third-order valence-electron chi connectivity index (χ3n) is 5.03. The fourth-order valence-electron chi connectivity index (χ4n) is 3.44. The third-order valence-corrected chi connectivity index (χ3v) is 5.03. The molecule has 1 aromatic rings. The Balaban J connectivity index is 2.22. The van der Waals surface area contributed by atoms with Crippen LogP contribution in [-0.4, -0.2) is 64.7 Å². The summed E-state index contributed by atoms with van der Waals surface area (Å²) in [5.41, 5.74) is 6.21. The lowest BCUT2D eigenvalue weighted by atomic mass is 9.92. The van der Waals surface area contributed by atoms with E-state index < -0.39 is 5.92 Å². The van der Waals surface area contributed by atoms with Gasteiger partial charge in [0.2, 0.25) is 17.6 Å². The molecule has 0 radical (unpaired) electrons. The van der Waals surface area contributed by atoms with Gasteiger partial charge in [0.15, 0.2) is 11.5 Å². The lowest BCUT2D eigenvalue weighted by Gasteiger charge is -2.30. The Kier molecular flexibility index (Phi) is 6.77. The van der Waals surface area contributed by atoms with Crippen molar-refractivity contribution in [3.8, 4) is 17.2 Å². The van der Waals surface area contributed by atoms with Crippen LogP contribution in [0.25, 0.3) is 0 Å². The highest BCUT2D eigenvalue weighted by Gasteiger charge is 2.38. The molecule has 8 nitrogen and oxygen atoms in total. The first-order valence-corrected chi connectivity index (χ1v) is 9.22. The summed E-state index contributed by atoms with van der Waals surface area (Å²) in [6.45, 7) is 5.35. The highest BCUT2D eigenvalue weighted by atomic mass is 16.5. The van der Waals surface area contributed by atoms with Crippen molar-refractivity contribution in [2.24, 2.45) is 17.1 Å². The van der Waals surface area contributed by atoms with E-state index in [0.717, 1.165) is 0 Å². The van der Waals surface area contributed by atoms with Crippen molar-refractivity contribution in [1.82, 2.24) is 4.90 Å². The summed E-state index contributed by atoms with van der Waals surface area (Å²) in [4.78, 5) is 28.7. The lowest BCUT2D eigenvalue weighted by Crippen LogP contribution is -2.42. The van der Waals surface area contributed by atoms with Crippen molar-refractivity contribution in [3.05, 3.63) is 12.1 Å². The monoisotopic (exact) mass is 393 g/mol. The van der Waals surface area contributed by atoms with Gasteiger partial charge < -0.3 is 29.7 Å². The summed E-state index contributed by atoms with van der Waals surface area (Å²) in [5.74, 6) is 0.813. The van der Waals surface area contributed by atoms with Crippen LogP contribution in [0.3, 0.4) is 0 Å². The van der Waals surface area contributed by atoms with E-state index in [1.54, 1.807) is 29.0 Å². The molecule has 28 heavy (non-hydrogen) atoms. The first-order valence-electron chi connectivity index (χ1n) is 9.22. The molecule has 1 atom stereocenters. The molecule has 1 aromatic carbocycles. The number of hydrogen-bond acceptors (Lipinski definition) is 6. The van der Waals surface area contributed by atoms with Crippen LogP contribution in [0.15, 0.2) is 12.1 Å². The number of carbonyl (C=O) groups is 2. The van der Waals surface area contributed by atoms with Crippen molar-refractivity contribution in [3.63, 3.8) is 0 Å². The summed E-state index contributed by atoms with van der Waals surface area (Å²) in [5, 5.41) is 0. The number of nitrogens with two attached hydrogens (primary N) is 1. The fraction of sp³-hybridized carbons (Fsp3) is 0.600. The highest BCUT2D eigenvalue weighted by molar-refractivity contribution is 6.00. The number of ether oxygens (including phenoxy) is 3. The molecule has 2 rings (SSSR count). The Labute approximate surface area is 166 Å². The number of carbonyl (C=O) groups excluding carboxylic acids is 2. The highest BCUT2D eigenvalue weighted by Crippen LogP contribution is 2.42. The van der Waals surface area contributed by atoms with Crippen molar-refractivity contribution in [2.45, 2.75) is 20.3 Å². The lowest BCUT2D eigenvalue weighted by molar-refractivity contribution is -0.135. The maximum Gasteiger partial charge on any atom is 0.227 e. The first kappa shape index (κ1) is 21.8. The quantitative estimate of drug-likeness (QED) is 0.719. The average molecular weight is 393 g/mol. The number of hydrogen-bond donors (Lipinski definition) is 1. The minimum atomic E-state index is -0.398. The largest absolute Gasteiger partial charge is 0.493 e. The summed E-state index contributed by atoms with van der Waals surface area (Å²) >= 11 is 0. The second-order valence-electron chi connectivity index (χ2n) is 7.85. The predicted molar refractivity (Wildman–Crippen MR) is 107 cm³/mol. The number of nitrogens with zero attached hydrogens (tertiary/aromatic N) is 2. The van der Waals surface area contributed by atoms with Gasteiger partial charge in [-0.05, 0) is 12.0 Å². The van der Waals surface area contributed by atoms with Gasteiger partial charge in [-0.25, -0.2) is 0 Å². The summed E-state index contributed by atoms with van der Waals surface area (Å²) in [6, 6.07) is 3.43. The van der Waals surface area contributed by atoms with Crippen molar-refractivity contribution >= 4 is 17.5 Å². The smallest absolute Gasteiger partial charge is 0.227 e. The van der Waals surface area contributed by atoms with E-state index in [2.05, 4.69) is 0 Å². The minimum Gasteiger partial charge on any atom is -0.493 e. The van der Waals surface area contributed by atoms with Gasteiger partial charge in [-0.1, -0.05) is 13.8 Å². The average Bonchev–Trinajstić information content (AvgIpc) is 3.07. The second kappa shape index (κ2) is 8.68. The van der Waals surface area contributed by atoms with Crippen LogP contribution in [-0.2, 0) is 9.59 Å². The SMILES string of the molecule is COc1cc(N2CC(C(=O)N(C)CC(C)(C)CN)CC2=O)cc(OC)c1OC. The number of benzene rings is 1. The molecule has 0 aliphatic carbocycles. The van der Waals surface area contributed by atoms with Crippen LogP contribution in [0.5, 0.6) is 17.2 Å². The number of anilines is 1. The van der Waals surface area contributed by atoms with Gasteiger partial charge >= 0.3 is 0 Å². The molecule has 0 spiro atoms. The minimum absolute atomic E-state index is 0.0511. The van der Waals surface area contributed by atoms with E-state index in [1.165, 1.54) is 21.3 Å². The molecule has 0 bridgehead atoms. The molecule has 1 unspecified atom stereocenters. The van der Waals surface area contributed by atoms with E-state index in [0.29, 0.717) is 42.6 Å². The van der Waals surface area contributed by atoms with Crippen LogP contribution >= 0.6 is 0 Å². The topological polar surface area (TPSA) is 94.3 Å². The van der Waals surface area contributed by atoms with Gasteiger partial charge in [0.05, 0.1) is 32.9 Å². The van der Waals surface area contributed by atoms with Crippen molar-refractivity contribution < 1.29 is 23.8 Å². The van der Waals surface area contributed by atoms with E-state index in [9.17, 15) is 9.59 Å². The molecule has 2 amide bonds. The zero-order valence-corrected chi connectivity index (χ0v) is 17.6. The summed E-state index contributed by atoms with van der Waals surface area (Å²) in [7, 11) is 6.32. The number of rotatable bonds is 8. The van der Waals surface area contributed by atoms with E-state index in [4.69, 9.17) is 19.9 Å². The molecule has 1 aliphatic heterocycles. The maximum atomic E-state index is 12.8. The number of amides is 2.